The molecule has 0 aromatic rings. The summed E-state index contributed by atoms with van der Waals surface area (Å²) in [7, 11) is -2.49. The number of esters is 1. The van der Waals surface area contributed by atoms with Crippen LogP contribution in [-0.4, -0.2) is 52.8 Å². The van der Waals surface area contributed by atoms with Crippen LogP contribution in [0.2, 0.25) is 0 Å². The lowest BCUT2D eigenvalue weighted by molar-refractivity contribution is -0.149. The Morgan fingerprint density at radius 1 is 1.54 bits per heavy atom. The molecule has 0 radical (unpaired) electrons. The van der Waals surface area contributed by atoms with Gasteiger partial charge in [-0.15, -0.1) is 4.52 Å². The van der Waals surface area contributed by atoms with Gasteiger partial charge >= 0.3 is 14.1 Å². The molecule has 7 atom stereocenters. The Hall–Kier alpha value is -1.32. The van der Waals surface area contributed by atoms with E-state index in [0.29, 0.717) is 0 Å². The number of azide groups is 1. The molecule has 1 aliphatic carbocycles. The number of carbonyl (C=O) groups is 1. The van der Waals surface area contributed by atoms with E-state index in [1.54, 1.807) is 13.8 Å². The summed E-state index contributed by atoms with van der Waals surface area (Å²) < 4.78 is 27.5. The smallest absolute Gasteiger partial charge is 0.462 e. The van der Waals surface area contributed by atoms with Crippen LogP contribution in [0.15, 0.2) is 5.11 Å². The van der Waals surface area contributed by atoms with E-state index in [4.69, 9.17) is 25.3 Å². The summed E-state index contributed by atoms with van der Waals surface area (Å²) in [5.41, 5.74) is 11.2. The molecular formula is C12H21N5O6P+. The summed E-state index contributed by atoms with van der Waals surface area (Å²) in [6.07, 6.45) is -3.16. The monoisotopic (exact) mass is 362 g/mol. The lowest BCUT2D eigenvalue weighted by atomic mass is 9.92. The summed E-state index contributed by atoms with van der Waals surface area (Å²) in [6, 6.07) is -0.865. The van der Waals surface area contributed by atoms with Crippen molar-refractivity contribution in [2.45, 2.75) is 69.4 Å². The number of fused-ring (bicyclic) bond motifs is 1. The summed E-state index contributed by atoms with van der Waals surface area (Å²) in [5.74, 6) is -0.580. The molecule has 0 aromatic carbocycles. The molecule has 24 heavy (non-hydrogen) atoms. The average Bonchev–Trinajstić information content (AvgIpc) is 2.95. The van der Waals surface area contributed by atoms with Crippen molar-refractivity contribution >= 4 is 14.1 Å². The summed E-state index contributed by atoms with van der Waals surface area (Å²) in [4.78, 5) is 14.3. The molecule has 4 N–H and O–H groups in total. The Balaban J connectivity index is 1.96. The lowest BCUT2D eigenvalue weighted by Gasteiger charge is -2.29. The lowest BCUT2D eigenvalue weighted by Crippen LogP contribution is -2.53. The summed E-state index contributed by atoms with van der Waals surface area (Å²) in [5, 5.41) is 16.6. The molecule has 2 rings (SSSR count). The van der Waals surface area contributed by atoms with Crippen molar-refractivity contribution in [2.75, 3.05) is 0 Å². The van der Waals surface area contributed by atoms with Crippen molar-refractivity contribution in [3.63, 3.8) is 0 Å². The molecule has 2 fully saturated rings. The number of rotatable bonds is 7. The maximum absolute atomic E-state index is 12.0. The maximum Gasteiger partial charge on any atom is 0.614 e. The number of hydrogen-bond acceptors (Lipinski definition) is 8. The third-order valence-electron chi connectivity index (χ3n) is 4.16. The average molecular weight is 362 g/mol. The minimum absolute atomic E-state index is 0.302. The molecule has 12 heteroatoms. The van der Waals surface area contributed by atoms with Gasteiger partial charge in [0.05, 0.1) is 6.10 Å². The Kier molecular flexibility index (Phi) is 5.17. The maximum atomic E-state index is 12.0. The minimum Gasteiger partial charge on any atom is -0.462 e. The fraction of sp³-hybridized carbons (Fsp3) is 0.917. The summed E-state index contributed by atoms with van der Waals surface area (Å²) >= 11 is 0. The topological polar surface area (TPSA) is 169 Å². The zero-order valence-electron chi connectivity index (χ0n) is 13.7. The predicted octanol–water partition coefficient (Wildman–Crippen LogP) is 0.456. The molecule has 0 amide bonds. The Morgan fingerprint density at radius 2 is 2.17 bits per heavy atom. The van der Waals surface area contributed by atoms with Gasteiger partial charge in [-0.2, -0.15) is 0 Å². The minimum atomic E-state index is -2.49. The van der Waals surface area contributed by atoms with Crippen LogP contribution >= 0.6 is 8.18 Å². The molecule has 2 aliphatic rings. The van der Waals surface area contributed by atoms with Crippen molar-refractivity contribution in [3.05, 3.63) is 10.4 Å². The van der Waals surface area contributed by atoms with E-state index in [9.17, 15) is 14.5 Å². The number of nitrogens with zero attached hydrogens (tertiary/aromatic N) is 3. The first-order chi connectivity index (χ1) is 11.1. The molecule has 1 saturated carbocycles. The fourth-order valence-corrected chi connectivity index (χ4v) is 3.59. The first-order valence-corrected chi connectivity index (χ1v) is 8.56. The normalized spacial score (nSPS) is 39.0. The highest BCUT2D eigenvalue weighted by Crippen LogP contribution is 2.59. The standard InChI is InChI=1S/C12H21N5O6P/c1-5(2)21-9(18)6(3)15-24(20)23-8-7-12(8,19)11(4,16-17-14)10(13)22-7/h5-8,10,19H,13H2,1-4H3,(H,15,20)/q+1/t6-,7-,8?,10-,11+,12+/m1/s1. The predicted molar refractivity (Wildman–Crippen MR) is 81.7 cm³/mol. The molecule has 134 valence electrons. The second-order valence-electron chi connectivity index (χ2n) is 6.26. The Morgan fingerprint density at radius 3 is 2.71 bits per heavy atom. The number of hydrogen-bond donors (Lipinski definition) is 3. The first-order valence-electron chi connectivity index (χ1n) is 7.38. The zero-order valence-corrected chi connectivity index (χ0v) is 14.6. The first kappa shape index (κ1) is 19.0. The van der Waals surface area contributed by atoms with Crippen LogP contribution in [0.1, 0.15) is 27.7 Å². The number of nitrogens with two attached hydrogens (primary N) is 1. The van der Waals surface area contributed by atoms with Gasteiger partial charge in [-0.3, -0.25) is 4.79 Å². The third kappa shape index (κ3) is 3.00. The van der Waals surface area contributed by atoms with E-state index in [1.807, 2.05) is 0 Å². The molecule has 11 nitrogen and oxygen atoms in total. The number of nitrogens with one attached hydrogen (secondary N) is 1. The molecular weight excluding hydrogens is 341 g/mol. The van der Waals surface area contributed by atoms with Gasteiger partial charge in [0, 0.05) is 4.91 Å². The van der Waals surface area contributed by atoms with E-state index in [-0.39, 0.29) is 6.10 Å². The molecule has 0 spiro atoms. The van der Waals surface area contributed by atoms with Crippen LogP contribution in [0.3, 0.4) is 0 Å². The highest BCUT2D eigenvalue weighted by molar-refractivity contribution is 7.36. The molecule has 0 bridgehead atoms. The van der Waals surface area contributed by atoms with Crippen molar-refractivity contribution in [3.8, 4) is 0 Å². The second kappa shape index (κ2) is 6.53. The van der Waals surface area contributed by atoms with E-state index in [0.717, 1.165) is 0 Å². The van der Waals surface area contributed by atoms with Crippen molar-refractivity contribution in [1.82, 2.24) is 5.09 Å². The SMILES string of the molecule is CC(C)OC(=O)[C@@H](C)N[P+](=O)OC1[C@H]2O[C@@H](N)[C@](C)(N=[N+]=[N-])[C@@]12O. The highest BCUT2D eigenvalue weighted by Gasteiger charge is 2.84. The van der Waals surface area contributed by atoms with Gasteiger partial charge in [-0.1, -0.05) is 10.2 Å². The largest absolute Gasteiger partial charge is 0.614 e. The molecule has 0 aromatic heterocycles. The van der Waals surface area contributed by atoms with E-state index >= 15 is 0 Å². The zero-order chi connectivity index (χ0) is 18.3. The van der Waals surface area contributed by atoms with Crippen molar-refractivity contribution in [1.29, 1.82) is 0 Å². The number of ether oxygens (including phenoxy) is 2. The van der Waals surface area contributed by atoms with Crippen LogP contribution in [-0.2, 0) is 23.4 Å². The van der Waals surface area contributed by atoms with Crippen LogP contribution in [0.4, 0.5) is 0 Å². The van der Waals surface area contributed by atoms with Crippen LogP contribution in [0.25, 0.3) is 10.4 Å². The molecule has 1 aliphatic heterocycles. The number of carbonyl (C=O) groups excluding carboxylic acids is 1. The fourth-order valence-electron chi connectivity index (χ4n) is 2.63. The Bertz CT molecular complexity index is 598. The molecule has 2 unspecified atom stereocenters. The molecule has 1 heterocycles. The summed E-state index contributed by atoms with van der Waals surface area (Å²) in [6.45, 7) is 6.29. The van der Waals surface area contributed by atoms with E-state index in [2.05, 4.69) is 15.1 Å². The van der Waals surface area contributed by atoms with E-state index < -0.39 is 49.8 Å². The van der Waals surface area contributed by atoms with Gasteiger partial charge in [-0.05, 0) is 37.8 Å². The van der Waals surface area contributed by atoms with Gasteiger partial charge in [0.2, 0.25) is 0 Å². The quantitative estimate of drug-likeness (QED) is 0.193. The van der Waals surface area contributed by atoms with E-state index in [1.165, 1.54) is 13.8 Å². The van der Waals surface area contributed by atoms with Gasteiger partial charge in [0.1, 0.15) is 29.5 Å². The Labute approximate surface area is 139 Å². The van der Waals surface area contributed by atoms with Crippen LogP contribution in [0, 0.1) is 0 Å². The van der Waals surface area contributed by atoms with Gasteiger partial charge < -0.3 is 20.3 Å². The van der Waals surface area contributed by atoms with Gasteiger partial charge in [0.15, 0.2) is 6.10 Å². The van der Waals surface area contributed by atoms with Crippen molar-refractivity contribution < 1.29 is 28.5 Å². The highest BCUT2D eigenvalue weighted by atomic mass is 31.1. The van der Waals surface area contributed by atoms with Crippen LogP contribution < -0.4 is 10.8 Å². The van der Waals surface area contributed by atoms with Crippen LogP contribution in [0.5, 0.6) is 0 Å². The third-order valence-corrected chi connectivity index (χ3v) is 5.17. The van der Waals surface area contributed by atoms with Gasteiger partial charge in [0.25, 0.3) is 0 Å². The second-order valence-corrected chi connectivity index (χ2v) is 7.24. The van der Waals surface area contributed by atoms with Crippen molar-refractivity contribution in [2.24, 2.45) is 10.8 Å². The molecule has 1 saturated heterocycles. The van der Waals surface area contributed by atoms with Gasteiger partial charge in [-0.25, -0.2) is 0 Å². The number of aliphatic hydroxyl groups is 1.